The lowest BCUT2D eigenvalue weighted by Crippen LogP contribution is -2.45. The predicted molar refractivity (Wildman–Crippen MR) is 80.1 cm³/mol. The Labute approximate surface area is 141 Å². The van der Waals surface area contributed by atoms with E-state index in [1.165, 1.54) is 12.1 Å². The first kappa shape index (κ1) is 21.5. The molecule has 0 atom stereocenters. The summed E-state index contributed by atoms with van der Waals surface area (Å²) in [6.07, 6.45) is -15.4. The summed E-state index contributed by atoms with van der Waals surface area (Å²) in [7, 11) is -5.20. The van der Waals surface area contributed by atoms with E-state index >= 15 is 0 Å². The first-order chi connectivity index (χ1) is 11.0. The normalized spacial score (nSPS) is 14.5. The Kier molecular flexibility index (Phi) is 6.01. The maximum atomic E-state index is 12.3. The van der Waals surface area contributed by atoms with Gasteiger partial charge in [-0.05, 0) is 22.6 Å². The maximum absolute atomic E-state index is 12.3. The number of hydrogen-bond donors (Lipinski definition) is 0. The molecule has 0 heterocycles. The molecule has 25 heavy (non-hydrogen) atoms. The Hall–Kier alpha value is -1.55. The second-order valence-corrected chi connectivity index (χ2v) is 7.68. The number of benzene rings is 1. The minimum absolute atomic E-state index is 0.156. The molecule has 0 fully saturated rings. The fraction of sp³-hybridized carbons (Fsp3) is 0.467. The molecule has 1 aromatic rings. The number of alkyl halides is 6. The molecular formula is C15H16F6O3S. The molecule has 0 aliphatic carbocycles. The third-order valence-electron chi connectivity index (χ3n) is 3.03. The summed E-state index contributed by atoms with van der Waals surface area (Å²) in [6, 6.07) is 6.30. The second kappa shape index (κ2) is 6.99. The van der Waals surface area contributed by atoms with Crippen LogP contribution in [-0.4, -0.2) is 26.9 Å². The van der Waals surface area contributed by atoms with E-state index in [9.17, 15) is 34.8 Å². The van der Waals surface area contributed by atoms with Gasteiger partial charge < -0.3 is 0 Å². The van der Waals surface area contributed by atoms with Crippen LogP contribution in [0.2, 0.25) is 0 Å². The van der Waals surface area contributed by atoms with Crippen molar-refractivity contribution in [2.24, 2.45) is 0 Å². The van der Waals surface area contributed by atoms with Gasteiger partial charge in [0.05, 0.1) is 5.41 Å². The Bertz CT molecular complexity index is 696. The highest BCUT2D eigenvalue weighted by Gasteiger charge is 2.59. The highest BCUT2D eigenvalue weighted by atomic mass is 32.2. The fourth-order valence-corrected chi connectivity index (χ4v) is 2.59. The number of halogens is 6. The van der Waals surface area contributed by atoms with Crippen LogP contribution < -0.4 is 0 Å². The van der Waals surface area contributed by atoms with Crippen LogP contribution in [0.1, 0.15) is 31.9 Å². The van der Waals surface area contributed by atoms with Crippen LogP contribution in [0.3, 0.4) is 0 Å². The molecule has 0 saturated carbocycles. The summed E-state index contributed by atoms with van der Waals surface area (Å²) in [6.45, 7) is 5.81. The SMILES string of the molecule is CC(C)(C)c1ccc(/C=C/S(=O)(=O)OC(C(F)(F)F)C(F)(F)F)cc1. The zero-order valence-corrected chi connectivity index (χ0v) is 14.3. The average Bonchev–Trinajstić information content (AvgIpc) is 2.40. The highest BCUT2D eigenvalue weighted by molar-refractivity contribution is 7.89. The van der Waals surface area contributed by atoms with Gasteiger partial charge in [-0.2, -0.15) is 34.8 Å². The third kappa shape index (κ3) is 6.69. The van der Waals surface area contributed by atoms with E-state index in [1.807, 2.05) is 20.8 Å². The number of hydrogen-bond acceptors (Lipinski definition) is 3. The van der Waals surface area contributed by atoms with Gasteiger partial charge in [0, 0.05) is 0 Å². The van der Waals surface area contributed by atoms with E-state index in [-0.39, 0.29) is 16.4 Å². The molecule has 0 N–H and O–H groups in total. The molecule has 0 bridgehead atoms. The summed E-state index contributed by atoms with van der Waals surface area (Å²) in [5.41, 5.74) is 1.01. The molecule has 0 aliphatic rings. The van der Waals surface area contributed by atoms with Crippen LogP contribution in [0.15, 0.2) is 29.7 Å². The van der Waals surface area contributed by atoms with Gasteiger partial charge in [-0.15, -0.1) is 0 Å². The zero-order valence-electron chi connectivity index (χ0n) is 13.4. The molecule has 3 nitrogen and oxygen atoms in total. The smallest absolute Gasteiger partial charge is 0.244 e. The monoisotopic (exact) mass is 390 g/mol. The van der Waals surface area contributed by atoms with Gasteiger partial charge in [0.1, 0.15) is 0 Å². The minimum atomic E-state index is -5.91. The van der Waals surface area contributed by atoms with E-state index in [0.29, 0.717) is 0 Å². The molecule has 0 radical (unpaired) electrons. The van der Waals surface area contributed by atoms with E-state index in [1.54, 1.807) is 12.1 Å². The lowest BCUT2D eigenvalue weighted by Gasteiger charge is -2.21. The highest BCUT2D eigenvalue weighted by Crippen LogP contribution is 2.36. The molecular weight excluding hydrogens is 374 g/mol. The first-order valence-corrected chi connectivity index (χ1v) is 8.35. The molecule has 0 amide bonds. The zero-order chi connectivity index (χ0) is 19.7. The Balaban J connectivity index is 2.98. The van der Waals surface area contributed by atoms with Crippen LogP contribution >= 0.6 is 0 Å². The van der Waals surface area contributed by atoms with Crippen molar-refractivity contribution in [2.45, 2.75) is 44.6 Å². The van der Waals surface area contributed by atoms with Gasteiger partial charge in [-0.25, -0.2) is 4.18 Å². The van der Waals surface area contributed by atoms with Crippen molar-refractivity contribution in [1.29, 1.82) is 0 Å². The molecule has 0 saturated heterocycles. The second-order valence-electron chi connectivity index (χ2n) is 6.23. The van der Waals surface area contributed by atoms with Crippen molar-refractivity contribution in [2.75, 3.05) is 0 Å². The third-order valence-corrected chi connectivity index (χ3v) is 3.96. The average molecular weight is 390 g/mol. The maximum Gasteiger partial charge on any atom is 0.425 e. The summed E-state index contributed by atoms with van der Waals surface area (Å²) in [4.78, 5) is 0. The van der Waals surface area contributed by atoms with Gasteiger partial charge in [-0.1, -0.05) is 45.0 Å². The fourth-order valence-electron chi connectivity index (χ4n) is 1.72. The van der Waals surface area contributed by atoms with Crippen LogP contribution in [0.4, 0.5) is 26.3 Å². The van der Waals surface area contributed by atoms with Crippen LogP contribution in [-0.2, 0) is 19.7 Å². The molecule has 0 aromatic heterocycles. The lowest BCUT2D eigenvalue weighted by molar-refractivity contribution is -0.298. The van der Waals surface area contributed by atoms with Crippen LogP contribution in [0, 0.1) is 0 Å². The van der Waals surface area contributed by atoms with Crippen LogP contribution in [0.25, 0.3) is 6.08 Å². The molecule has 0 spiro atoms. The van der Waals surface area contributed by atoms with E-state index in [4.69, 9.17) is 0 Å². The van der Waals surface area contributed by atoms with E-state index in [0.717, 1.165) is 11.6 Å². The largest absolute Gasteiger partial charge is 0.425 e. The van der Waals surface area contributed by atoms with Crippen molar-refractivity contribution in [3.8, 4) is 0 Å². The Morgan fingerprint density at radius 3 is 1.72 bits per heavy atom. The van der Waals surface area contributed by atoms with Crippen molar-refractivity contribution in [3.05, 3.63) is 40.8 Å². The standard InChI is InChI=1S/C15H16F6O3S/c1-13(2,3)11-6-4-10(5-7-11)8-9-25(22,23)24-12(14(16,17)18)15(19,20)21/h4-9,12H,1-3H3/b9-8+. The van der Waals surface area contributed by atoms with Crippen molar-refractivity contribution in [3.63, 3.8) is 0 Å². The molecule has 1 aromatic carbocycles. The van der Waals surface area contributed by atoms with Crippen molar-refractivity contribution >= 4 is 16.2 Å². The summed E-state index contributed by atoms with van der Waals surface area (Å²) in [5, 5.41) is 0.156. The molecule has 10 heteroatoms. The Morgan fingerprint density at radius 2 is 1.36 bits per heavy atom. The quantitative estimate of drug-likeness (QED) is 0.548. The summed E-state index contributed by atoms with van der Waals surface area (Å²) >= 11 is 0. The van der Waals surface area contributed by atoms with Crippen molar-refractivity contribution < 1.29 is 38.9 Å². The van der Waals surface area contributed by atoms with Crippen molar-refractivity contribution in [1.82, 2.24) is 0 Å². The summed E-state index contributed by atoms with van der Waals surface area (Å²) < 4.78 is 100. The van der Waals surface area contributed by atoms with Gasteiger partial charge in [-0.3, -0.25) is 0 Å². The molecule has 1 rings (SSSR count). The van der Waals surface area contributed by atoms with E-state index < -0.39 is 28.6 Å². The van der Waals surface area contributed by atoms with Gasteiger partial charge in [0.25, 0.3) is 16.2 Å². The molecule has 0 unspecified atom stereocenters. The van der Waals surface area contributed by atoms with Gasteiger partial charge >= 0.3 is 12.4 Å². The molecule has 0 aliphatic heterocycles. The number of rotatable bonds is 4. The van der Waals surface area contributed by atoms with Crippen LogP contribution in [0.5, 0.6) is 0 Å². The van der Waals surface area contributed by atoms with Gasteiger partial charge in [0.15, 0.2) is 0 Å². The van der Waals surface area contributed by atoms with E-state index in [2.05, 4.69) is 4.18 Å². The first-order valence-electron chi connectivity index (χ1n) is 6.88. The predicted octanol–water partition coefficient (Wildman–Crippen LogP) is 4.79. The molecule has 142 valence electrons. The Morgan fingerprint density at radius 1 is 0.920 bits per heavy atom. The topological polar surface area (TPSA) is 43.4 Å². The van der Waals surface area contributed by atoms with Gasteiger partial charge in [0.2, 0.25) is 0 Å². The lowest BCUT2D eigenvalue weighted by atomic mass is 9.87. The minimum Gasteiger partial charge on any atom is -0.244 e. The summed E-state index contributed by atoms with van der Waals surface area (Å²) in [5.74, 6) is 0.